The molecule has 1 unspecified atom stereocenters. The molecule has 1 aromatic carbocycles. The van der Waals surface area contributed by atoms with E-state index in [0.29, 0.717) is 24.8 Å². The lowest BCUT2D eigenvalue weighted by Gasteiger charge is -2.16. The third-order valence-electron chi connectivity index (χ3n) is 3.39. The first-order chi connectivity index (χ1) is 9.11. The molecule has 3 heteroatoms. The molecule has 0 bridgehead atoms. The number of hydrogen-bond acceptors (Lipinski definition) is 3. The zero-order chi connectivity index (χ0) is 13.8. The number of benzene rings is 1. The fourth-order valence-corrected chi connectivity index (χ4v) is 3.45. The smallest absolute Gasteiger partial charge is 0.164 e. The van der Waals surface area contributed by atoms with E-state index in [4.69, 9.17) is 5.73 Å². The molecule has 1 atom stereocenters. The molecule has 2 aromatic rings. The molecule has 0 saturated heterocycles. The zero-order valence-corrected chi connectivity index (χ0v) is 12.4. The Hall–Kier alpha value is -1.19. The van der Waals surface area contributed by atoms with Crippen LogP contribution in [0.5, 0.6) is 0 Å². The van der Waals surface area contributed by atoms with Crippen LogP contribution >= 0.6 is 11.3 Å². The summed E-state index contributed by atoms with van der Waals surface area (Å²) in [6.45, 7) is 4.94. The molecule has 102 valence electrons. The first-order valence-corrected chi connectivity index (χ1v) is 7.69. The van der Waals surface area contributed by atoms with Gasteiger partial charge in [0.25, 0.3) is 0 Å². The Morgan fingerprint density at radius 2 is 2.11 bits per heavy atom. The number of rotatable bonds is 6. The van der Waals surface area contributed by atoms with Gasteiger partial charge < -0.3 is 5.73 Å². The molecule has 0 spiro atoms. The van der Waals surface area contributed by atoms with E-state index in [9.17, 15) is 4.79 Å². The Bertz CT molecular complexity index is 559. The average molecular weight is 275 g/mol. The molecule has 2 rings (SSSR count). The fourth-order valence-electron chi connectivity index (χ4n) is 2.51. The number of carbonyl (C=O) groups excluding carboxylic acids is 1. The Kier molecular flexibility index (Phi) is 4.72. The molecule has 0 aliphatic carbocycles. The van der Waals surface area contributed by atoms with Crippen LogP contribution in [0.1, 0.15) is 37.0 Å². The fraction of sp³-hybridized carbons (Fsp3) is 0.438. The van der Waals surface area contributed by atoms with Gasteiger partial charge >= 0.3 is 0 Å². The molecule has 19 heavy (non-hydrogen) atoms. The standard InChI is InChI=1S/C16H21NOS/c1-11(2)8-12(10-17)9-15(18)14-5-3-4-13-6-7-19-16(13)14/h3-7,11-12H,8-10,17H2,1-2H3. The first kappa shape index (κ1) is 14.2. The van der Waals surface area contributed by atoms with Crippen LogP contribution < -0.4 is 5.73 Å². The van der Waals surface area contributed by atoms with E-state index in [1.165, 1.54) is 0 Å². The summed E-state index contributed by atoms with van der Waals surface area (Å²) >= 11 is 1.64. The summed E-state index contributed by atoms with van der Waals surface area (Å²) < 4.78 is 1.10. The molecule has 2 N–H and O–H groups in total. The summed E-state index contributed by atoms with van der Waals surface area (Å²) in [6.07, 6.45) is 1.58. The number of fused-ring (bicyclic) bond motifs is 1. The van der Waals surface area contributed by atoms with Gasteiger partial charge in [-0.1, -0.05) is 26.0 Å². The molecule has 0 aliphatic rings. The van der Waals surface area contributed by atoms with Gasteiger partial charge in [0.1, 0.15) is 0 Å². The molecule has 1 aromatic heterocycles. The number of ketones is 1. The summed E-state index contributed by atoms with van der Waals surface area (Å²) in [7, 11) is 0. The van der Waals surface area contributed by atoms with Crippen LogP contribution in [0.3, 0.4) is 0 Å². The minimum atomic E-state index is 0.226. The summed E-state index contributed by atoms with van der Waals surface area (Å²) in [4.78, 5) is 12.5. The third kappa shape index (κ3) is 3.43. The molecule has 0 aliphatic heterocycles. The van der Waals surface area contributed by atoms with E-state index >= 15 is 0 Å². The second-order valence-corrected chi connectivity index (χ2v) is 6.42. The van der Waals surface area contributed by atoms with Gasteiger partial charge in [-0.15, -0.1) is 11.3 Å². The van der Waals surface area contributed by atoms with Gasteiger partial charge in [-0.25, -0.2) is 0 Å². The second kappa shape index (κ2) is 6.31. The minimum Gasteiger partial charge on any atom is -0.330 e. The van der Waals surface area contributed by atoms with Crippen molar-refractivity contribution >= 4 is 27.2 Å². The number of nitrogens with two attached hydrogens (primary N) is 1. The average Bonchev–Trinajstić information content (AvgIpc) is 2.85. The maximum absolute atomic E-state index is 12.5. The SMILES string of the molecule is CC(C)CC(CN)CC(=O)c1cccc2ccsc12. The van der Waals surface area contributed by atoms with E-state index in [0.717, 1.165) is 22.1 Å². The lowest BCUT2D eigenvalue weighted by Crippen LogP contribution is -2.20. The van der Waals surface area contributed by atoms with Gasteiger partial charge in [0, 0.05) is 16.7 Å². The van der Waals surface area contributed by atoms with Gasteiger partial charge in [0.2, 0.25) is 0 Å². The summed E-state index contributed by atoms with van der Waals surface area (Å²) in [5.41, 5.74) is 6.65. The van der Waals surface area contributed by atoms with Crippen LogP contribution in [0.25, 0.3) is 10.1 Å². The molecule has 0 saturated carbocycles. The normalized spacial score (nSPS) is 13.1. The highest BCUT2D eigenvalue weighted by molar-refractivity contribution is 7.17. The molecular formula is C16H21NOS. The van der Waals surface area contributed by atoms with Gasteiger partial charge in [-0.3, -0.25) is 4.79 Å². The maximum atomic E-state index is 12.5. The maximum Gasteiger partial charge on any atom is 0.164 e. The van der Waals surface area contributed by atoms with Crippen LogP contribution in [0.15, 0.2) is 29.6 Å². The van der Waals surface area contributed by atoms with E-state index in [2.05, 4.69) is 26.0 Å². The van der Waals surface area contributed by atoms with E-state index in [-0.39, 0.29) is 5.78 Å². The number of hydrogen-bond donors (Lipinski definition) is 1. The van der Waals surface area contributed by atoms with Crippen molar-refractivity contribution in [2.45, 2.75) is 26.7 Å². The molecule has 2 nitrogen and oxygen atoms in total. The topological polar surface area (TPSA) is 43.1 Å². The van der Waals surface area contributed by atoms with Gasteiger partial charge in [-0.2, -0.15) is 0 Å². The van der Waals surface area contributed by atoms with Crippen LogP contribution in [0, 0.1) is 11.8 Å². The lowest BCUT2D eigenvalue weighted by molar-refractivity contribution is 0.0959. The largest absolute Gasteiger partial charge is 0.330 e. The first-order valence-electron chi connectivity index (χ1n) is 6.81. The van der Waals surface area contributed by atoms with Crippen molar-refractivity contribution in [1.82, 2.24) is 0 Å². The van der Waals surface area contributed by atoms with Crippen molar-refractivity contribution in [3.63, 3.8) is 0 Å². The predicted molar refractivity (Wildman–Crippen MR) is 82.8 cm³/mol. The van der Waals surface area contributed by atoms with Crippen LogP contribution in [0.4, 0.5) is 0 Å². The third-order valence-corrected chi connectivity index (χ3v) is 4.36. The molecule has 0 radical (unpaired) electrons. The highest BCUT2D eigenvalue weighted by atomic mass is 32.1. The van der Waals surface area contributed by atoms with Crippen molar-refractivity contribution in [2.24, 2.45) is 17.6 Å². The van der Waals surface area contributed by atoms with E-state index in [1.54, 1.807) is 11.3 Å². The number of Topliss-reactive ketones (excluding diaryl/α,β-unsaturated/α-hetero) is 1. The Morgan fingerprint density at radius 1 is 1.32 bits per heavy atom. The van der Waals surface area contributed by atoms with Crippen molar-refractivity contribution in [1.29, 1.82) is 0 Å². The van der Waals surface area contributed by atoms with Crippen molar-refractivity contribution < 1.29 is 4.79 Å². The van der Waals surface area contributed by atoms with E-state index < -0.39 is 0 Å². The highest BCUT2D eigenvalue weighted by Gasteiger charge is 2.17. The highest BCUT2D eigenvalue weighted by Crippen LogP contribution is 2.27. The Balaban J connectivity index is 2.17. The van der Waals surface area contributed by atoms with Crippen LogP contribution in [-0.2, 0) is 0 Å². The van der Waals surface area contributed by atoms with Crippen LogP contribution in [0.2, 0.25) is 0 Å². The molecule has 0 fully saturated rings. The second-order valence-electron chi connectivity index (χ2n) is 5.50. The Morgan fingerprint density at radius 3 is 2.79 bits per heavy atom. The minimum absolute atomic E-state index is 0.226. The summed E-state index contributed by atoms with van der Waals surface area (Å²) in [5, 5.41) is 3.19. The van der Waals surface area contributed by atoms with E-state index in [1.807, 2.05) is 17.5 Å². The molecule has 0 amide bonds. The van der Waals surface area contributed by atoms with Crippen molar-refractivity contribution in [2.75, 3.05) is 6.54 Å². The van der Waals surface area contributed by atoms with Crippen molar-refractivity contribution in [3.8, 4) is 0 Å². The summed E-state index contributed by atoms with van der Waals surface area (Å²) in [5.74, 6) is 1.10. The van der Waals surface area contributed by atoms with Gasteiger partial charge in [-0.05, 0) is 47.7 Å². The summed E-state index contributed by atoms with van der Waals surface area (Å²) in [6, 6.07) is 8.01. The van der Waals surface area contributed by atoms with Crippen LogP contribution in [-0.4, -0.2) is 12.3 Å². The predicted octanol–water partition coefficient (Wildman–Crippen LogP) is 4.10. The number of thiophene rings is 1. The van der Waals surface area contributed by atoms with Gasteiger partial charge in [0.15, 0.2) is 5.78 Å². The van der Waals surface area contributed by atoms with Crippen molar-refractivity contribution in [3.05, 3.63) is 35.2 Å². The number of carbonyl (C=O) groups is 1. The lowest BCUT2D eigenvalue weighted by atomic mass is 9.90. The van der Waals surface area contributed by atoms with Gasteiger partial charge in [0.05, 0.1) is 0 Å². The molecule has 1 heterocycles. The Labute approximate surface area is 118 Å². The zero-order valence-electron chi connectivity index (χ0n) is 11.6. The molecular weight excluding hydrogens is 254 g/mol. The monoisotopic (exact) mass is 275 g/mol. The quantitative estimate of drug-likeness (QED) is 0.807.